The Morgan fingerprint density at radius 3 is 2.52 bits per heavy atom. The molecule has 1 aliphatic heterocycles. The van der Waals surface area contributed by atoms with Gasteiger partial charge in [-0.15, -0.1) is 0 Å². The van der Waals surface area contributed by atoms with Crippen molar-refractivity contribution in [3.8, 4) is 22.8 Å². The third-order valence-electron chi connectivity index (χ3n) is 5.65. The normalized spacial score (nSPS) is 19.5. The number of benzene rings is 2. The zero-order valence-corrected chi connectivity index (χ0v) is 17.1. The van der Waals surface area contributed by atoms with Crippen molar-refractivity contribution in [2.45, 2.75) is 18.6 Å². The summed E-state index contributed by atoms with van der Waals surface area (Å²) < 4.78 is 22.5. The van der Waals surface area contributed by atoms with E-state index in [1.807, 2.05) is 66.5 Å². The lowest BCUT2D eigenvalue weighted by atomic mass is 10.0. The maximum Gasteiger partial charge on any atom is 0.164 e. The van der Waals surface area contributed by atoms with Gasteiger partial charge in [0.25, 0.3) is 0 Å². The summed E-state index contributed by atoms with van der Waals surface area (Å²) in [6, 6.07) is 16.8. The van der Waals surface area contributed by atoms with Gasteiger partial charge in [0.1, 0.15) is 35.5 Å². The molecule has 0 spiro atoms. The minimum atomic E-state index is -1.03. The molecule has 2 atom stereocenters. The van der Waals surface area contributed by atoms with Gasteiger partial charge in [-0.3, -0.25) is 0 Å². The number of hydrogen-bond acceptors (Lipinski definition) is 6. The predicted molar refractivity (Wildman–Crippen MR) is 118 cm³/mol. The Labute approximate surface area is 179 Å². The van der Waals surface area contributed by atoms with Crippen molar-refractivity contribution in [3.63, 3.8) is 0 Å². The van der Waals surface area contributed by atoms with Crippen LogP contribution in [0.25, 0.3) is 22.3 Å². The van der Waals surface area contributed by atoms with E-state index in [9.17, 15) is 4.39 Å². The number of ether oxygens (including phenoxy) is 1. The highest BCUT2D eigenvalue weighted by atomic mass is 19.1. The van der Waals surface area contributed by atoms with Gasteiger partial charge in [-0.1, -0.05) is 18.2 Å². The van der Waals surface area contributed by atoms with Crippen molar-refractivity contribution in [2.24, 2.45) is 0 Å². The Bertz CT molecular complexity index is 1190. The summed E-state index contributed by atoms with van der Waals surface area (Å²) in [4.78, 5) is 10.5. The molecule has 1 saturated heterocycles. The van der Waals surface area contributed by atoms with E-state index in [0.29, 0.717) is 41.3 Å². The second-order valence-corrected chi connectivity index (χ2v) is 7.82. The molecule has 5 rings (SSSR count). The highest BCUT2D eigenvalue weighted by Crippen LogP contribution is 2.35. The number of alkyl halides is 1. The molecule has 2 unspecified atom stereocenters. The summed E-state index contributed by atoms with van der Waals surface area (Å²) in [5.74, 6) is 1.81. The largest absolute Gasteiger partial charge is 0.457 e. The minimum Gasteiger partial charge on any atom is -0.457 e. The number of piperidine rings is 1. The van der Waals surface area contributed by atoms with Crippen LogP contribution in [0.15, 0.2) is 60.9 Å². The predicted octanol–water partition coefficient (Wildman–Crippen LogP) is 4.08. The number of aromatic nitrogens is 4. The molecular formula is C23H23FN6O. The van der Waals surface area contributed by atoms with E-state index in [4.69, 9.17) is 15.6 Å². The SMILES string of the molecule is CN1CCC(n2nc(-c3ccc(Oc4ccccc4)cc3)c3c(N)ncnc32)C(F)C1. The summed E-state index contributed by atoms with van der Waals surface area (Å²) in [6.45, 7) is 1.17. The molecule has 4 aromatic rings. The molecule has 1 aliphatic rings. The molecule has 7 nitrogen and oxygen atoms in total. The lowest BCUT2D eigenvalue weighted by Crippen LogP contribution is -2.40. The first-order chi connectivity index (χ1) is 15.1. The van der Waals surface area contributed by atoms with E-state index in [1.165, 1.54) is 6.33 Å². The average molecular weight is 418 g/mol. The fourth-order valence-electron chi connectivity index (χ4n) is 4.05. The average Bonchev–Trinajstić information content (AvgIpc) is 3.16. The molecule has 158 valence electrons. The standard InChI is InChI=1S/C23H23FN6O/c1-29-12-11-19(18(24)13-29)30-23-20(22(25)26-14-27-23)21(28-30)15-7-9-17(10-8-15)31-16-5-3-2-4-6-16/h2-10,14,18-19H,11-13H2,1H3,(H2,25,26,27). The van der Waals surface area contributed by atoms with Crippen molar-refractivity contribution in [3.05, 3.63) is 60.9 Å². The first-order valence-corrected chi connectivity index (χ1v) is 10.2. The van der Waals surface area contributed by atoms with Crippen molar-refractivity contribution in [2.75, 3.05) is 25.9 Å². The fourth-order valence-corrected chi connectivity index (χ4v) is 4.05. The molecular weight excluding hydrogens is 395 g/mol. The molecule has 0 saturated carbocycles. The topological polar surface area (TPSA) is 82.1 Å². The number of nitrogens with zero attached hydrogens (tertiary/aromatic N) is 5. The van der Waals surface area contributed by atoms with Gasteiger partial charge in [-0.25, -0.2) is 19.0 Å². The van der Waals surface area contributed by atoms with Crippen LogP contribution in [0.5, 0.6) is 11.5 Å². The Morgan fingerprint density at radius 1 is 1.03 bits per heavy atom. The smallest absolute Gasteiger partial charge is 0.164 e. The molecule has 2 aromatic heterocycles. The molecule has 3 heterocycles. The highest BCUT2D eigenvalue weighted by molar-refractivity contribution is 5.98. The number of anilines is 1. The number of likely N-dealkylation sites (tertiary alicyclic amines) is 1. The van der Waals surface area contributed by atoms with E-state index in [2.05, 4.69) is 9.97 Å². The Hall–Kier alpha value is -3.52. The molecule has 8 heteroatoms. The van der Waals surface area contributed by atoms with Crippen LogP contribution in [0, 0.1) is 0 Å². The summed E-state index contributed by atoms with van der Waals surface area (Å²) >= 11 is 0. The van der Waals surface area contributed by atoms with Gasteiger partial charge in [0.15, 0.2) is 5.65 Å². The van der Waals surface area contributed by atoms with Gasteiger partial charge in [-0.05, 0) is 49.9 Å². The number of nitrogens with two attached hydrogens (primary N) is 1. The van der Waals surface area contributed by atoms with Crippen molar-refractivity contribution < 1.29 is 9.13 Å². The molecule has 2 aromatic carbocycles. The maximum atomic E-state index is 14.9. The summed E-state index contributed by atoms with van der Waals surface area (Å²) in [5, 5.41) is 5.41. The van der Waals surface area contributed by atoms with Gasteiger partial charge in [0.05, 0.1) is 11.4 Å². The summed E-state index contributed by atoms with van der Waals surface area (Å²) in [5.41, 5.74) is 8.24. The van der Waals surface area contributed by atoms with Gasteiger partial charge in [-0.2, -0.15) is 5.10 Å². The van der Waals surface area contributed by atoms with Crippen LogP contribution < -0.4 is 10.5 Å². The second kappa shape index (κ2) is 7.96. The van der Waals surface area contributed by atoms with E-state index < -0.39 is 6.17 Å². The molecule has 1 fully saturated rings. The molecule has 2 N–H and O–H groups in total. The second-order valence-electron chi connectivity index (χ2n) is 7.82. The van der Waals surface area contributed by atoms with Crippen molar-refractivity contribution in [1.29, 1.82) is 0 Å². The number of hydrogen-bond donors (Lipinski definition) is 1. The Morgan fingerprint density at radius 2 is 1.77 bits per heavy atom. The molecule has 0 radical (unpaired) electrons. The number of rotatable bonds is 4. The quantitative estimate of drug-likeness (QED) is 0.538. The lowest BCUT2D eigenvalue weighted by molar-refractivity contribution is 0.103. The van der Waals surface area contributed by atoms with E-state index in [-0.39, 0.29) is 6.04 Å². The van der Waals surface area contributed by atoms with Crippen LogP contribution >= 0.6 is 0 Å². The first-order valence-electron chi connectivity index (χ1n) is 10.2. The van der Waals surface area contributed by atoms with E-state index in [1.54, 1.807) is 4.68 Å². The highest BCUT2D eigenvalue weighted by Gasteiger charge is 2.32. The van der Waals surface area contributed by atoms with Gasteiger partial charge >= 0.3 is 0 Å². The van der Waals surface area contributed by atoms with Crippen molar-refractivity contribution in [1.82, 2.24) is 24.6 Å². The van der Waals surface area contributed by atoms with Crippen molar-refractivity contribution >= 4 is 16.9 Å². The van der Waals surface area contributed by atoms with Crippen LogP contribution in [0.2, 0.25) is 0 Å². The molecule has 0 aliphatic carbocycles. The molecule has 31 heavy (non-hydrogen) atoms. The molecule has 0 amide bonds. The maximum absolute atomic E-state index is 14.9. The van der Waals surface area contributed by atoms with Gasteiger partial charge in [0, 0.05) is 18.7 Å². The van der Waals surface area contributed by atoms with Gasteiger partial charge < -0.3 is 15.4 Å². The Balaban J connectivity index is 1.53. The van der Waals surface area contributed by atoms with Crippen LogP contribution in [-0.4, -0.2) is 51.0 Å². The number of para-hydroxylation sites is 1. The number of nitrogen functional groups attached to an aromatic ring is 1. The zero-order valence-electron chi connectivity index (χ0n) is 17.1. The third kappa shape index (κ3) is 3.70. The number of halogens is 1. The van der Waals surface area contributed by atoms with Crippen LogP contribution in [0.1, 0.15) is 12.5 Å². The third-order valence-corrected chi connectivity index (χ3v) is 5.65. The number of fused-ring (bicyclic) bond motifs is 1. The summed E-state index contributed by atoms with van der Waals surface area (Å²) in [6.07, 6.45) is 1.02. The van der Waals surface area contributed by atoms with Crippen LogP contribution in [-0.2, 0) is 0 Å². The van der Waals surface area contributed by atoms with Crippen LogP contribution in [0.4, 0.5) is 10.2 Å². The monoisotopic (exact) mass is 418 g/mol. The Kier molecular flexibility index (Phi) is 4.99. The fraction of sp³-hybridized carbons (Fsp3) is 0.261. The summed E-state index contributed by atoms with van der Waals surface area (Å²) in [7, 11) is 1.93. The van der Waals surface area contributed by atoms with E-state index >= 15 is 0 Å². The van der Waals surface area contributed by atoms with Crippen LogP contribution in [0.3, 0.4) is 0 Å². The van der Waals surface area contributed by atoms with E-state index in [0.717, 1.165) is 17.9 Å². The molecule has 0 bridgehead atoms. The minimum absolute atomic E-state index is 0.333. The zero-order chi connectivity index (χ0) is 21.4. The lowest BCUT2D eigenvalue weighted by Gasteiger charge is -2.32. The van der Waals surface area contributed by atoms with Gasteiger partial charge in [0.2, 0.25) is 0 Å². The first kappa shape index (κ1) is 19.4.